The van der Waals surface area contributed by atoms with Crippen molar-refractivity contribution in [3.63, 3.8) is 0 Å². The van der Waals surface area contributed by atoms with Crippen molar-refractivity contribution in [2.75, 3.05) is 5.32 Å². The Balaban J connectivity index is 2.39. The number of phenolic OH excluding ortho intramolecular Hbond substituents is 1. The number of carbonyl (C=O) groups excluding carboxylic acids is 2. The standard InChI is InChI=1S/C24H29NO3/c1-15(21(27)16-11-9-8-10-12-16)22(28)25-19-14-20(26)18(24(5,6)7)13-17(19)23(2,3)4/h8-14,26H,1H2,2-7H3,(H,25,28). The van der Waals surface area contributed by atoms with Crippen LogP contribution in [0, 0.1) is 0 Å². The summed E-state index contributed by atoms with van der Waals surface area (Å²) in [6.45, 7) is 15.8. The Morgan fingerprint density at radius 1 is 0.893 bits per heavy atom. The Morgan fingerprint density at radius 2 is 1.43 bits per heavy atom. The minimum Gasteiger partial charge on any atom is -0.508 e. The van der Waals surface area contributed by atoms with E-state index in [4.69, 9.17) is 0 Å². The highest BCUT2D eigenvalue weighted by molar-refractivity contribution is 6.28. The third-order valence-electron chi connectivity index (χ3n) is 4.58. The second-order valence-electron chi connectivity index (χ2n) is 9.04. The van der Waals surface area contributed by atoms with Crippen LogP contribution < -0.4 is 5.32 Å². The molecule has 0 atom stereocenters. The number of anilines is 1. The molecule has 0 radical (unpaired) electrons. The lowest BCUT2D eigenvalue weighted by Gasteiger charge is -2.28. The van der Waals surface area contributed by atoms with E-state index < -0.39 is 11.7 Å². The molecule has 4 heteroatoms. The van der Waals surface area contributed by atoms with Gasteiger partial charge in [0.25, 0.3) is 5.91 Å². The van der Waals surface area contributed by atoms with Crippen LogP contribution in [0.2, 0.25) is 0 Å². The highest BCUT2D eigenvalue weighted by Gasteiger charge is 2.27. The van der Waals surface area contributed by atoms with Gasteiger partial charge in [0.2, 0.25) is 0 Å². The molecule has 0 unspecified atom stereocenters. The molecular weight excluding hydrogens is 350 g/mol. The summed E-state index contributed by atoms with van der Waals surface area (Å²) in [7, 11) is 0. The van der Waals surface area contributed by atoms with Crippen molar-refractivity contribution in [1.29, 1.82) is 0 Å². The van der Waals surface area contributed by atoms with Gasteiger partial charge in [0.1, 0.15) is 5.75 Å². The van der Waals surface area contributed by atoms with Crippen LogP contribution in [0.5, 0.6) is 5.75 Å². The van der Waals surface area contributed by atoms with Crippen LogP contribution in [0.1, 0.15) is 63.0 Å². The number of ketones is 1. The number of Topliss-reactive ketones (excluding diaryl/α,β-unsaturated/α-hetero) is 1. The maximum Gasteiger partial charge on any atom is 0.259 e. The van der Waals surface area contributed by atoms with Crippen LogP contribution >= 0.6 is 0 Å². The molecule has 2 aromatic rings. The summed E-state index contributed by atoms with van der Waals surface area (Å²) < 4.78 is 0. The Labute approximate surface area is 167 Å². The molecule has 0 aliphatic rings. The number of amides is 1. The number of nitrogens with one attached hydrogen (secondary N) is 1. The smallest absolute Gasteiger partial charge is 0.259 e. The van der Waals surface area contributed by atoms with E-state index in [1.807, 2.05) is 47.6 Å². The molecule has 2 N–H and O–H groups in total. The molecule has 1 amide bonds. The lowest BCUT2D eigenvalue weighted by molar-refractivity contribution is -0.112. The molecule has 0 spiro atoms. The molecule has 0 bridgehead atoms. The predicted octanol–water partition coefficient (Wildman–Crippen LogP) is 5.36. The Kier molecular flexibility index (Phi) is 5.83. The van der Waals surface area contributed by atoms with Gasteiger partial charge in [-0.25, -0.2) is 0 Å². The third-order valence-corrected chi connectivity index (χ3v) is 4.58. The molecule has 2 rings (SSSR count). The molecule has 28 heavy (non-hydrogen) atoms. The third kappa shape index (κ3) is 4.69. The zero-order valence-electron chi connectivity index (χ0n) is 17.5. The van der Waals surface area contributed by atoms with Gasteiger partial charge in [-0.2, -0.15) is 0 Å². The summed E-state index contributed by atoms with van der Waals surface area (Å²) in [5, 5.41) is 13.3. The second-order valence-corrected chi connectivity index (χ2v) is 9.04. The molecule has 4 nitrogen and oxygen atoms in total. The fourth-order valence-corrected chi connectivity index (χ4v) is 2.98. The molecule has 0 aliphatic carbocycles. The van der Waals surface area contributed by atoms with Crippen molar-refractivity contribution in [3.8, 4) is 5.75 Å². The molecule has 0 aromatic heterocycles. The lowest BCUT2D eigenvalue weighted by atomic mass is 9.79. The lowest BCUT2D eigenvalue weighted by Crippen LogP contribution is -2.24. The first-order valence-corrected chi connectivity index (χ1v) is 9.30. The van der Waals surface area contributed by atoms with Gasteiger partial charge in [-0.05, 0) is 28.0 Å². The maximum absolute atomic E-state index is 12.7. The topological polar surface area (TPSA) is 66.4 Å². The fraction of sp³-hybridized carbons (Fsp3) is 0.333. The highest BCUT2D eigenvalue weighted by Crippen LogP contribution is 2.39. The minimum atomic E-state index is -0.581. The average Bonchev–Trinajstić information content (AvgIpc) is 2.59. The van der Waals surface area contributed by atoms with Crippen molar-refractivity contribution in [2.24, 2.45) is 0 Å². The van der Waals surface area contributed by atoms with Gasteiger partial charge in [0, 0.05) is 17.3 Å². The van der Waals surface area contributed by atoms with Crippen molar-refractivity contribution in [2.45, 2.75) is 52.4 Å². The van der Waals surface area contributed by atoms with E-state index in [1.54, 1.807) is 36.4 Å². The zero-order chi connectivity index (χ0) is 21.3. The van der Waals surface area contributed by atoms with Gasteiger partial charge in [-0.1, -0.05) is 78.5 Å². The van der Waals surface area contributed by atoms with Gasteiger partial charge in [0.05, 0.1) is 5.57 Å². The van der Waals surface area contributed by atoms with E-state index in [0.29, 0.717) is 11.3 Å². The summed E-state index contributed by atoms with van der Waals surface area (Å²) >= 11 is 0. The molecular formula is C24H29NO3. The first-order valence-electron chi connectivity index (χ1n) is 9.30. The maximum atomic E-state index is 12.7. The van der Waals surface area contributed by atoms with E-state index in [2.05, 4.69) is 11.9 Å². The Bertz CT molecular complexity index is 913. The van der Waals surface area contributed by atoms with Crippen LogP contribution in [0.3, 0.4) is 0 Å². The summed E-state index contributed by atoms with van der Waals surface area (Å²) in [6.07, 6.45) is 0. The number of hydrogen-bond acceptors (Lipinski definition) is 3. The van der Waals surface area contributed by atoms with Crippen LogP contribution in [-0.4, -0.2) is 16.8 Å². The largest absolute Gasteiger partial charge is 0.508 e. The van der Waals surface area contributed by atoms with Crippen LogP contribution in [0.25, 0.3) is 0 Å². The highest BCUT2D eigenvalue weighted by atomic mass is 16.3. The number of aromatic hydroxyl groups is 1. The van der Waals surface area contributed by atoms with Crippen molar-refractivity contribution < 1.29 is 14.7 Å². The Morgan fingerprint density at radius 3 is 1.93 bits per heavy atom. The van der Waals surface area contributed by atoms with Crippen molar-refractivity contribution in [3.05, 3.63) is 71.3 Å². The van der Waals surface area contributed by atoms with E-state index in [9.17, 15) is 14.7 Å². The summed E-state index contributed by atoms with van der Waals surface area (Å²) in [5.74, 6) is -0.899. The quantitative estimate of drug-likeness (QED) is 0.325. The van der Waals surface area contributed by atoms with E-state index in [1.165, 1.54) is 0 Å². The first kappa shape index (κ1) is 21.4. The molecule has 0 fully saturated rings. The number of phenols is 1. The summed E-state index contributed by atoms with van der Waals surface area (Å²) in [6, 6.07) is 12.0. The van der Waals surface area contributed by atoms with Crippen LogP contribution in [0.4, 0.5) is 5.69 Å². The second kappa shape index (κ2) is 7.63. The normalized spacial score (nSPS) is 11.8. The molecule has 0 aliphatic heterocycles. The fourth-order valence-electron chi connectivity index (χ4n) is 2.98. The number of rotatable bonds is 4. The van der Waals surface area contributed by atoms with Crippen molar-refractivity contribution in [1.82, 2.24) is 0 Å². The molecule has 0 heterocycles. The summed E-state index contributed by atoms with van der Waals surface area (Å²) in [4.78, 5) is 25.2. The van der Waals surface area contributed by atoms with Crippen LogP contribution in [0.15, 0.2) is 54.6 Å². The SMILES string of the molecule is C=C(C(=O)Nc1cc(O)c(C(C)(C)C)cc1C(C)(C)C)C(=O)c1ccccc1. The molecule has 2 aromatic carbocycles. The Hall–Kier alpha value is -2.88. The van der Waals surface area contributed by atoms with Crippen LogP contribution in [-0.2, 0) is 15.6 Å². The van der Waals surface area contributed by atoms with Gasteiger partial charge in [-0.3, -0.25) is 9.59 Å². The first-order chi connectivity index (χ1) is 12.8. The minimum absolute atomic E-state index is 0.107. The van der Waals surface area contributed by atoms with E-state index >= 15 is 0 Å². The number of benzene rings is 2. The molecule has 0 saturated carbocycles. The van der Waals surface area contributed by atoms with Gasteiger partial charge < -0.3 is 10.4 Å². The van der Waals surface area contributed by atoms with E-state index in [0.717, 1.165) is 11.1 Å². The zero-order valence-corrected chi connectivity index (χ0v) is 17.5. The predicted molar refractivity (Wildman–Crippen MR) is 114 cm³/mol. The van der Waals surface area contributed by atoms with Gasteiger partial charge in [0.15, 0.2) is 5.78 Å². The average molecular weight is 380 g/mol. The summed E-state index contributed by atoms with van der Waals surface area (Å²) in [5.41, 5.74) is 1.89. The molecule has 0 saturated heterocycles. The van der Waals surface area contributed by atoms with Gasteiger partial charge in [-0.15, -0.1) is 0 Å². The van der Waals surface area contributed by atoms with Gasteiger partial charge >= 0.3 is 0 Å². The monoisotopic (exact) mass is 379 g/mol. The van der Waals surface area contributed by atoms with E-state index in [-0.39, 0.29) is 22.2 Å². The number of hydrogen-bond donors (Lipinski definition) is 2. The number of carbonyl (C=O) groups is 2. The molecule has 148 valence electrons. The van der Waals surface area contributed by atoms with Crippen molar-refractivity contribution >= 4 is 17.4 Å².